The molecule has 0 saturated carbocycles. The summed E-state index contributed by atoms with van der Waals surface area (Å²) in [6.45, 7) is 5.00. The van der Waals surface area contributed by atoms with E-state index in [1.165, 1.54) is 6.92 Å². The summed E-state index contributed by atoms with van der Waals surface area (Å²) in [5.74, 6) is -0.216. The average Bonchev–Trinajstić information content (AvgIpc) is 2.27. The van der Waals surface area contributed by atoms with Crippen LogP contribution in [0.15, 0.2) is 16.9 Å². The number of aromatic nitrogens is 1. The summed E-state index contributed by atoms with van der Waals surface area (Å²) in [7, 11) is 0. The predicted octanol–water partition coefficient (Wildman–Crippen LogP) is 0.335. The van der Waals surface area contributed by atoms with Gasteiger partial charge in [0.15, 0.2) is 5.78 Å². The van der Waals surface area contributed by atoms with Crippen molar-refractivity contribution in [3.05, 3.63) is 33.7 Å². The first-order chi connectivity index (χ1) is 8.07. The van der Waals surface area contributed by atoms with Crippen LogP contribution in [-0.2, 0) is 11.3 Å². The molecule has 0 radical (unpaired) electrons. The third-order valence-corrected chi connectivity index (χ3v) is 2.49. The molecule has 0 aromatic carbocycles. The van der Waals surface area contributed by atoms with Gasteiger partial charge in [-0.05, 0) is 26.0 Å². The number of ketones is 1. The highest BCUT2D eigenvalue weighted by atomic mass is 16.5. The van der Waals surface area contributed by atoms with Crippen molar-refractivity contribution in [3.63, 3.8) is 0 Å². The number of Topliss-reactive ketones (excluding diaryl/α,β-unsaturated/α-hetero) is 1. The van der Waals surface area contributed by atoms with E-state index in [1.54, 1.807) is 16.7 Å². The molecular formula is C12H18N2O3. The van der Waals surface area contributed by atoms with Gasteiger partial charge in [0.25, 0.3) is 5.56 Å². The molecule has 5 nitrogen and oxygen atoms in total. The Morgan fingerprint density at radius 2 is 2.12 bits per heavy atom. The highest BCUT2D eigenvalue weighted by molar-refractivity contribution is 5.93. The topological polar surface area (TPSA) is 74.3 Å². The fraction of sp³-hybridized carbons (Fsp3) is 0.500. The molecule has 2 N–H and O–H groups in total. The largest absolute Gasteiger partial charge is 0.378 e. The van der Waals surface area contributed by atoms with Crippen LogP contribution in [0.3, 0.4) is 0 Å². The van der Waals surface area contributed by atoms with Crippen molar-refractivity contribution in [2.45, 2.75) is 20.4 Å². The average molecular weight is 238 g/mol. The van der Waals surface area contributed by atoms with Crippen LogP contribution < -0.4 is 11.3 Å². The number of nitrogens with zero attached hydrogens (tertiary/aromatic N) is 1. The Kier molecular flexibility index (Phi) is 5.06. The van der Waals surface area contributed by atoms with E-state index >= 15 is 0 Å². The van der Waals surface area contributed by atoms with Crippen molar-refractivity contribution in [2.75, 3.05) is 19.8 Å². The molecule has 0 saturated heterocycles. The maximum Gasteiger partial charge on any atom is 0.261 e. The van der Waals surface area contributed by atoms with Gasteiger partial charge in [-0.15, -0.1) is 0 Å². The molecule has 1 heterocycles. The van der Waals surface area contributed by atoms with E-state index in [2.05, 4.69) is 0 Å². The summed E-state index contributed by atoms with van der Waals surface area (Å²) in [6.07, 6.45) is 0. The quantitative estimate of drug-likeness (QED) is 0.572. The van der Waals surface area contributed by atoms with Gasteiger partial charge in [0.2, 0.25) is 0 Å². The van der Waals surface area contributed by atoms with Crippen LogP contribution >= 0.6 is 0 Å². The maximum atomic E-state index is 12.0. The molecule has 17 heavy (non-hydrogen) atoms. The monoisotopic (exact) mass is 238 g/mol. The molecule has 1 aromatic rings. The van der Waals surface area contributed by atoms with Crippen LogP contribution in [0.4, 0.5) is 0 Å². The lowest BCUT2D eigenvalue weighted by molar-refractivity contribution is 0.101. The van der Waals surface area contributed by atoms with Gasteiger partial charge in [0.05, 0.1) is 18.8 Å². The van der Waals surface area contributed by atoms with Crippen molar-refractivity contribution >= 4 is 5.78 Å². The molecule has 0 bridgehead atoms. The second-order valence-electron chi connectivity index (χ2n) is 3.80. The zero-order valence-corrected chi connectivity index (χ0v) is 10.2. The van der Waals surface area contributed by atoms with E-state index in [9.17, 15) is 9.59 Å². The number of ether oxygens (including phenoxy) is 1. The number of pyridine rings is 1. The predicted molar refractivity (Wildman–Crippen MR) is 65.3 cm³/mol. The van der Waals surface area contributed by atoms with E-state index in [4.69, 9.17) is 10.5 Å². The third-order valence-electron chi connectivity index (χ3n) is 2.49. The Labute approximate surface area is 100 Å². The summed E-state index contributed by atoms with van der Waals surface area (Å²) in [6, 6.07) is 3.33. The molecule has 0 aliphatic heterocycles. The van der Waals surface area contributed by atoms with E-state index < -0.39 is 0 Å². The van der Waals surface area contributed by atoms with Gasteiger partial charge < -0.3 is 15.0 Å². The lowest BCUT2D eigenvalue weighted by Gasteiger charge is -2.11. The van der Waals surface area contributed by atoms with Gasteiger partial charge in [-0.25, -0.2) is 0 Å². The van der Waals surface area contributed by atoms with Gasteiger partial charge >= 0.3 is 0 Å². The summed E-state index contributed by atoms with van der Waals surface area (Å²) < 4.78 is 6.78. The highest BCUT2D eigenvalue weighted by Crippen LogP contribution is 1.99. The summed E-state index contributed by atoms with van der Waals surface area (Å²) in [5, 5.41) is 0. The first-order valence-electron chi connectivity index (χ1n) is 5.57. The van der Waals surface area contributed by atoms with Gasteiger partial charge in [-0.3, -0.25) is 9.59 Å². The van der Waals surface area contributed by atoms with Gasteiger partial charge in [0, 0.05) is 18.8 Å². The minimum atomic E-state index is -0.256. The molecule has 5 heteroatoms. The number of carbonyl (C=O) groups is 1. The Morgan fingerprint density at radius 3 is 2.71 bits per heavy atom. The summed E-state index contributed by atoms with van der Waals surface area (Å²) in [4.78, 5) is 23.2. The van der Waals surface area contributed by atoms with Crippen LogP contribution in [0.5, 0.6) is 0 Å². The van der Waals surface area contributed by atoms with Crippen molar-refractivity contribution in [2.24, 2.45) is 5.73 Å². The zero-order chi connectivity index (χ0) is 12.8. The standard InChI is InChI=1S/C12H18N2O3/c1-9-3-4-11(10(2)15)12(16)14(9)6-8-17-7-5-13/h3-4H,5-8,13H2,1-2H3. The van der Waals surface area contributed by atoms with Crippen molar-refractivity contribution in [1.29, 1.82) is 0 Å². The fourth-order valence-electron chi connectivity index (χ4n) is 1.56. The smallest absolute Gasteiger partial charge is 0.261 e. The number of rotatable bonds is 6. The second kappa shape index (κ2) is 6.32. The molecule has 1 aromatic heterocycles. The number of hydrogen-bond acceptors (Lipinski definition) is 4. The summed E-state index contributed by atoms with van der Waals surface area (Å²) in [5.41, 5.74) is 6.07. The minimum Gasteiger partial charge on any atom is -0.378 e. The Morgan fingerprint density at radius 1 is 1.41 bits per heavy atom. The van der Waals surface area contributed by atoms with E-state index in [0.717, 1.165) is 5.69 Å². The van der Waals surface area contributed by atoms with Crippen molar-refractivity contribution in [1.82, 2.24) is 4.57 Å². The molecule has 0 spiro atoms. The Hall–Kier alpha value is -1.46. The number of nitrogens with two attached hydrogens (primary N) is 1. The molecule has 1 rings (SSSR count). The normalized spacial score (nSPS) is 10.5. The SMILES string of the molecule is CC(=O)c1ccc(C)n(CCOCCN)c1=O. The van der Waals surface area contributed by atoms with Crippen LogP contribution in [0, 0.1) is 6.92 Å². The molecule has 0 unspecified atom stereocenters. The zero-order valence-electron chi connectivity index (χ0n) is 10.2. The van der Waals surface area contributed by atoms with Gasteiger partial charge in [0.1, 0.15) is 0 Å². The molecule has 0 amide bonds. The first kappa shape index (κ1) is 13.6. The van der Waals surface area contributed by atoms with Gasteiger partial charge in [-0.2, -0.15) is 0 Å². The van der Waals surface area contributed by atoms with E-state index in [-0.39, 0.29) is 16.9 Å². The van der Waals surface area contributed by atoms with E-state index in [0.29, 0.717) is 26.3 Å². The molecule has 0 atom stereocenters. The highest BCUT2D eigenvalue weighted by Gasteiger charge is 2.09. The summed E-state index contributed by atoms with van der Waals surface area (Å²) >= 11 is 0. The second-order valence-corrected chi connectivity index (χ2v) is 3.80. The van der Waals surface area contributed by atoms with Crippen LogP contribution in [0.1, 0.15) is 23.0 Å². The van der Waals surface area contributed by atoms with Crippen molar-refractivity contribution in [3.8, 4) is 0 Å². The minimum absolute atomic E-state index is 0.216. The van der Waals surface area contributed by atoms with Crippen molar-refractivity contribution < 1.29 is 9.53 Å². The first-order valence-corrected chi connectivity index (χ1v) is 5.57. The Bertz CT molecular complexity index is 452. The molecule has 0 fully saturated rings. The van der Waals surface area contributed by atoms with Crippen LogP contribution in [0.25, 0.3) is 0 Å². The van der Waals surface area contributed by atoms with E-state index in [1.807, 2.05) is 6.92 Å². The number of aryl methyl sites for hydroxylation is 1. The number of hydrogen-bond donors (Lipinski definition) is 1. The van der Waals surface area contributed by atoms with Gasteiger partial charge in [-0.1, -0.05) is 0 Å². The molecule has 94 valence electrons. The fourth-order valence-corrected chi connectivity index (χ4v) is 1.56. The molecular weight excluding hydrogens is 220 g/mol. The lowest BCUT2D eigenvalue weighted by Crippen LogP contribution is -2.29. The molecule has 0 aliphatic rings. The van der Waals surface area contributed by atoms with Crippen LogP contribution in [0.2, 0.25) is 0 Å². The maximum absolute atomic E-state index is 12.0. The number of carbonyl (C=O) groups excluding carboxylic acids is 1. The Balaban J connectivity index is 2.87. The van der Waals surface area contributed by atoms with Crippen LogP contribution in [-0.4, -0.2) is 30.1 Å². The molecule has 0 aliphatic carbocycles. The third kappa shape index (κ3) is 3.51. The lowest BCUT2D eigenvalue weighted by atomic mass is 10.2.